The van der Waals surface area contributed by atoms with Crippen molar-refractivity contribution in [1.82, 2.24) is 10.3 Å². The van der Waals surface area contributed by atoms with Gasteiger partial charge in [-0.1, -0.05) is 36.4 Å². The van der Waals surface area contributed by atoms with Crippen LogP contribution in [0.2, 0.25) is 0 Å². The van der Waals surface area contributed by atoms with Crippen molar-refractivity contribution in [2.75, 3.05) is 7.05 Å². The molecule has 0 fully saturated rings. The third-order valence-electron chi connectivity index (χ3n) is 3.78. The maximum absolute atomic E-state index is 4.46. The van der Waals surface area contributed by atoms with Gasteiger partial charge < -0.3 is 5.32 Å². The quantitative estimate of drug-likeness (QED) is 0.671. The topological polar surface area (TPSA) is 24.9 Å². The van der Waals surface area contributed by atoms with E-state index in [4.69, 9.17) is 0 Å². The summed E-state index contributed by atoms with van der Waals surface area (Å²) in [5.41, 5.74) is 4.91. The number of benzene rings is 2. The summed E-state index contributed by atoms with van der Waals surface area (Å²) in [6.45, 7) is 2.15. The van der Waals surface area contributed by atoms with Crippen LogP contribution in [0.5, 0.6) is 0 Å². The highest BCUT2D eigenvalue weighted by Gasteiger charge is 2.16. The van der Waals surface area contributed by atoms with Gasteiger partial charge in [-0.25, -0.2) is 0 Å². The molecule has 2 nitrogen and oxygen atoms in total. The van der Waals surface area contributed by atoms with E-state index in [1.54, 1.807) is 0 Å². The Labute approximate surface area is 138 Å². The molecule has 1 N–H and O–H groups in total. The van der Waals surface area contributed by atoms with Gasteiger partial charge in [0.05, 0.1) is 11.6 Å². The van der Waals surface area contributed by atoms with E-state index in [2.05, 4.69) is 82.3 Å². The Balaban J connectivity index is 2.11. The van der Waals surface area contributed by atoms with Crippen LogP contribution in [0.4, 0.5) is 0 Å². The standard InChI is InChI=1S/C18H17IN2/c1-12-5-3-7-15(17(12)19)18(20-2)14-9-8-13-6-4-10-21-16(13)11-14/h3-11,18,20H,1-2H3. The minimum absolute atomic E-state index is 0.184. The first kappa shape index (κ1) is 14.5. The molecule has 1 heterocycles. The molecule has 0 saturated heterocycles. The fourth-order valence-electron chi connectivity index (χ4n) is 2.66. The van der Waals surface area contributed by atoms with Crippen molar-refractivity contribution < 1.29 is 0 Å². The van der Waals surface area contributed by atoms with E-state index in [1.165, 1.54) is 25.6 Å². The van der Waals surface area contributed by atoms with Crippen LogP contribution in [0, 0.1) is 10.5 Å². The Hall–Kier alpha value is -1.46. The second-order valence-corrected chi connectivity index (χ2v) is 6.23. The summed E-state index contributed by atoms with van der Waals surface area (Å²) in [5, 5.41) is 4.61. The number of hydrogen-bond acceptors (Lipinski definition) is 2. The molecule has 0 amide bonds. The first-order valence-corrected chi connectivity index (χ1v) is 8.05. The van der Waals surface area contributed by atoms with Crippen molar-refractivity contribution in [1.29, 1.82) is 0 Å². The Morgan fingerprint density at radius 1 is 1.10 bits per heavy atom. The Kier molecular flexibility index (Phi) is 4.22. The van der Waals surface area contributed by atoms with Crippen molar-refractivity contribution >= 4 is 33.5 Å². The lowest BCUT2D eigenvalue weighted by Gasteiger charge is -2.20. The van der Waals surface area contributed by atoms with Crippen LogP contribution in [-0.2, 0) is 0 Å². The smallest absolute Gasteiger partial charge is 0.0705 e. The number of nitrogens with zero attached hydrogens (tertiary/aromatic N) is 1. The van der Waals surface area contributed by atoms with Crippen molar-refractivity contribution in [3.05, 3.63) is 75.0 Å². The van der Waals surface area contributed by atoms with E-state index in [0.717, 1.165) is 5.52 Å². The predicted molar refractivity (Wildman–Crippen MR) is 96.5 cm³/mol. The molecule has 0 bridgehead atoms. The van der Waals surface area contributed by atoms with Crippen LogP contribution < -0.4 is 5.32 Å². The number of aromatic nitrogens is 1. The molecule has 3 aromatic rings. The van der Waals surface area contributed by atoms with Crippen molar-refractivity contribution in [2.24, 2.45) is 0 Å². The van der Waals surface area contributed by atoms with Gasteiger partial charge in [0, 0.05) is 15.2 Å². The molecule has 0 spiro atoms. The molecule has 0 aliphatic carbocycles. The summed E-state index contributed by atoms with van der Waals surface area (Å²) >= 11 is 2.43. The molecule has 106 valence electrons. The Bertz CT molecular complexity index is 783. The van der Waals surface area contributed by atoms with Crippen molar-refractivity contribution in [3.8, 4) is 0 Å². The maximum atomic E-state index is 4.46. The van der Waals surface area contributed by atoms with Crippen molar-refractivity contribution in [3.63, 3.8) is 0 Å². The molecule has 3 rings (SSSR count). The fourth-order valence-corrected chi connectivity index (χ4v) is 3.33. The van der Waals surface area contributed by atoms with E-state index in [0.29, 0.717) is 0 Å². The van der Waals surface area contributed by atoms with Crippen molar-refractivity contribution in [2.45, 2.75) is 13.0 Å². The summed E-state index contributed by atoms with van der Waals surface area (Å²) in [6.07, 6.45) is 1.84. The van der Waals surface area contributed by atoms with Crippen LogP contribution in [0.15, 0.2) is 54.7 Å². The number of aryl methyl sites for hydroxylation is 1. The molecule has 0 aliphatic heterocycles. The lowest BCUT2D eigenvalue weighted by Crippen LogP contribution is -2.19. The highest BCUT2D eigenvalue weighted by molar-refractivity contribution is 14.1. The molecule has 0 saturated carbocycles. The average Bonchev–Trinajstić information content (AvgIpc) is 2.52. The molecule has 3 heteroatoms. The van der Waals surface area contributed by atoms with Crippen LogP contribution >= 0.6 is 22.6 Å². The highest BCUT2D eigenvalue weighted by Crippen LogP contribution is 2.29. The summed E-state index contributed by atoms with van der Waals surface area (Å²) in [5.74, 6) is 0. The van der Waals surface area contributed by atoms with Crippen LogP contribution in [-0.4, -0.2) is 12.0 Å². The lowest BCUT2D eigenvalue weighted by molar-refractivity contribution is 0.688. The molecule has 0 radical (unpaired) electrons. The fraction of sp³-hybridized carbons (Fsp3) is 0.167. The van der Waals surface area contributed by atoms with Gasteiger partial charge in [-0.3, -0.25) is 4.98 Å². The predicted octanol–water partition coefficient (Wildman–Crippen LogP) is 4.46. The summed E-state index contributed by atoms with van der Waals surface area (Å²) < 4.78 is 1.32. The monoisotopic (exact) mass is 388 g/mol. The van der Waals surface area contributed by atoms with Gasteiger partial charge in [-0.05, 0) is 65.4 Å². The summed E-state index contributed by atoms with van der Waals surface area (Å²) in [6, 6.07) is 17.2. The first-order valence-electron chi connectivity index (χ1n) is 6.97. The molecular formula is C18H17IN2. The number of nitrogens with one attached hydrogen (secondary N) is 1. The van der Waals surface area contributed by atoms with Gasteiger partial charge in [0.2, 0.25) is 0 Å². The van der Waals surface area contributed by atoms with E-state index >= 15 is 0 Å². The van der Waals surface area contributed by atoms with Gasteiger partial charge in [-0.2, -0.15) is 0 Å². The van der Waals surface area contributed by atoms with Gasteiger partial charge in [0.25, 0.3) is 0 Å². The third kappa shape index (κ3) is 2.80. The summed E-state index contributed by atoms with van der Waals surface area (Å²) in [4.78, 5) is 4.46. The number of pyridine rings is 1. The van der Waals surface area contributed by atoms with E-state index in [-0.39, 0.29) is 6.04 Å². The normalized spacial score (nSPS) is 12.5. The Morgan fingerprint density at radius 2 is 1.95 bits per heavy atom. The Morgan fingerprint density at radius 3 is 2.76 bits per heavy atom. The minimum Gasteiger partial charge on any atom is -0.309 e. The zero-order chi connectivity index (χ0) is 14.8. The molecule has 0 aliphatic rings. The minimum atomic E-state index is 0.184. The highest BCUT2D eigenvalue weighted by atomic mass is 127. The van der Waals surface area contributed by atoms with Gasteiger partial charge >= 0.3 is 0 Å². The van der Waals surface area contributed by atoms with Crippen LogP contribution in [0.3, 0.4) is 0 Å². The lowest BCUT2D eigenvalue weighted by atomic mass is 9.96. The molecule has 1 aromatic heterocycles. The van der Waals surface area contributed by atoms with Gasteiger partial charge in [-0.15, -0.1) is 0 Å². The second kappa shape index (κ2) is 6.12. The van der Waals surface area contributed by atoms with Gasteiger partial charge in [0.15, 0.2) is 0 Å². The number of hydrogen-bond donors (Lipinski definition) is 1. The second-order valence-electron chi connectivity index (χ2n) is 5.16. The van der Waals surface area contributed by atoms with E-state index in [9.17, 15) is 0 Å². The van der Waals surface area contributed by atoms with E-state index in [1.807, 2.05) is 19.3 Å². The number of halogens is 1. The SMILES string of the molecule is CNC(c1ccc2cccnc2c1)c1cccc(C)c1I. The first-order chi connectivity index (χ1) is 10.2. The van der Waals surface area contributed by atoms with Crippen LogP contribution in [0.1, 0.15) is 22.7 Å². The number of fused-ring (bicyclic) bond motifs is 1. The molecular weight excluding hydrogens is 371 g/mol. The largest absolute Gasteiger partial charge is 0.309 e. The average molecular weight is 388 g/mol. The third-order valence-corrected chi connectivity index (χ3v) is 5.26. The molecule has 2 aromatic carbocycles. The molecule has 1 atom stereocenters. The van der Waals surface area contributed by atoms with Gasteiger partial charge in [0.1, 0.15) is 0 Å². The summed E-state index contributed by atoms with van der Waals surface area (Å²) in [7, 11) is 2.01. The molecule has 1 unspecified atom stereocenters. The zero-order valence-corrected chi connectivity index (χ0v) is 14.3. The number of rotatable bonds is 3. The zero-order valence-electron chi connectivity index (χ0n) is 12.1. The maximum Gasteiger partial charge on any atom is 0.0705 e. The molecule has 21 heavy (non-hydrogen) atoms. The van der Waals surface area contributed by atoms with E-state index < -0.39 is 0 Å². The van der Waals surface area contributed by atoms with Crippen LogP contribution in [0.25, 0.3) is 10.9 Å².